The van der Waals surface area contributed by atoms with Crippen molar-refractivity contribution >= 4 is 29.7 Å². The van der Waals surface area contributed by atoms with Crippen molar-refractivity contribution in [3.63, 3.8) is 0 Å². The average Bonchev–Trinajstić information content (AvgIpc) is 2.74. The summed E-state index contributed by atoms with van der Waals surface area (Å²) in [5.41, 5.74) is 1.16. The van der Waals surface area contributed by atoms with Gasteiger partial charge in [0.1, 0.15) is 0 Å². The first-order valence-corrected chi connectivity index (χ1v) is 5.19. The van der Waals surface area contributed by atoms with Crippen molar-refractivity contribution in [3.05, 3.63) is 22.4 Å². The third-order valence-corrected chi connectivity index (χ3v) is 3.20. The molecule has 1 aliphatic heterocycles. The molecule has 2 N–H and O–H groups in total. The van der Waals surface area contributed by atoms with Crippen LogP contribution in [-0.2, 0) is 4.79 Å². The first kappa shape index (κ1) is 11.5. The normalized spacial score (nSPS) is 25.7. The van der Waals surface area contributed by atoms with Crippen molar-refractivity contribution in [1.82, 2.24) is 5.32 Å². The highest BCUT2D eigenvalue weighted by atomic mass is 35.5. The Balaban J connectivity index is 0.000000980. The zero-order valence-corrected chi connectivity index (χ0v) is 9.11. The molecule has 0 amide bonds. The van der Waals surface area contributed by atoms with Crippen LogP contribution in [0.4, 0.5) is 0 Å². The SMILES string of the molecule is Cl.O=C(O)[C@H]1CNC[C@@H]1c1ccsc1. The van der Waals surface area contributed by atoms with E-state index in [1.54, 1.807) is 11.3 Å². The standard InChI is InChI=1S/C9H11NO2S.ClH/c11-9(12)8-4-10-3-7(8)6-1-2-13-5-6;/h1-2,5,7-8,10H,3-4H2,(H,11,12);1H/t7-,8+;/m1./s1. The number of hydrogen-bond donors (Lipinski definition) is 2. The first-order valence-electron chi connectivity index (χ1n) is 4.24. The lowest BCUT2D eigenvalue weighted by Gasteiger charge is -2.12. The lowest BCUT2D eigenvalue weighted by atomic mass is 9.91. The molecule has 1 fully saturated rings. The van der Waals surface area contributed by atoms with Crippen molar-refractivity contribution in [3.8, 4) is 0 Å². The zero-order valence-electron chi connectivity index (χ0n) is 7.47. The molecule has 1 aromatic heterocycles. The predicted octanol–water partition coefficient (Wildman–Crippen LogP) is 1.56. The van der Waals surface area contributed by atoms with E-state index >= 15 is 0 Å². The molecule has 3 nitrogen and oxygen atoms in total. The molecule has 0 radical (unpaired) electrons. The Morgan fingerprint density at radius 3 is 2.93 bits per heavy atom. The lowest BCUT2D eigenvalue weighted by Crippen LogP contribution is -2.20. The Kier molecular flexibility index (Phi) is 3.92. The molecule has 2 atom stereocenters. The van der Waals surface area contributed by atoms with E-state index in [0.717, 1.165) is 12.1 Å². The summed E-state index contributed by atoms with van der Waals surface area (Å²) < 4.78 is 0. The monoisotopic (exact) mass is 233 g/mol. The third kappa shape index (κ3) is 2.08. The van der Waals surface area contributed by atoms with E-state index < -0.39 is 5.97 Å². The van der Waals surface area contributed by atoms with Crippen molar-refractivity contribution in [2.24, 2.45) is 5.92 Å². The maximum atomic E-state index is 10.9. The number of thiophene rings is 1. The highest BCUT2D eigenvalue weighted by Crippen LogP contribution is 2.29. The van der Waals surface area contributed by atoms with Gasteiger partial charge in [-0.05, 0) is 22.4 Å². The van der Waals surface area contributed by atoms with Crippen LogP contribution in [0.15, 0.2) is 16.8 Å². The van der Waals surface area contributed by atoms with Gasteiger partial charge in [-0.25, -0.2) is 0 Å². The molecule has 0 spiro atoms. The molecule has 78 valence electrons. The van der Waals surface area contributed by atoms with Gasteiger partial charge >= 0.3 is 5.97 Å². The fourth-order valence-electron chi connectivity index (χ4n) is 1.77. The minimum Gasteiger partial charge on any atom is -0.481 e. The Bertz CT molecular complexity index is 302. The van der Waals surface area contributed by atoms with Gasteiger partial charge in [0, 0.05) is 19.0 Å². The molecule has 0 unspecified atom stereocenters. The van der Waals surface area contributed by atoms with Gasteiger partial charge in [-0.3, -0.25) is 4.79 Å². The Hall–Kier alpha value is -0.580. The quantitative estimate of drug-likeness (QED) is 0.815. The fourth-order valence-corrected chi connectivity index (χ4v) is 2.50. The molecular formula is C9H12ClNO2S. The molecule has 0 saturated carbocycles. The van der Waals surface area contributed by atoms with Crippen LogP contribution in [0.1, 0.15) is 11.5 Å². The Morgan fingerprint density at radius 1 is 1.57 bits per heavy atom. The molecule has 14 heavy (non-hydrogen) atoms. The number of carbonyl (C=O) groups is 1. The van der Waals surface area contributed by atoms with Gasteiger partial charge < -0.3 is 10.4 Å². The number of aliphatic carboxylic acids is 1. The van der Waals surface area contributed by atoms with Gasteiger partial charge in [0.15, 0.2) is 0 Å². The summed E-state index contributed by atoms with van der Waals surface area (Å²) in [6, 6.07) is 2.01. The molecule has 1 aromatic rings. The number of carboxylic acids is 1. The van der Waals surface area contributed by atoms with Crippen LogP contribution < -0.4 is 5.32 Å². The van der Waals surface area contributed by atoms with E-state index in [4.69, 9.17) is 5.11 Å². The van der Waals surface area contributed by atoms with Crippen LogP contribution in [0, 0.1) is 5.92 Å². The van der Waals surface area contributed by atoms with E-state index in [2.05, 4.69) is 5.32 Å². The van der Waals surface area contributed by atoms with Gasteiger partial charge in [-0.15, -0.1) is 12.4 Å². The fraction of sp³-hybridized carbons (Fsp3) is 0.444. The Labute approximate surface area is 92.5 Å². The second-order valence-corrected chi connectivity index (χ2v) is 4.05. The van der Waals surface area contributed by atoms with Crippen molar-refractivity contribution < 1.29 is 9.90 Å². The highest BCUT2D eigenvalue weighted by Gasteiger charge is 2.33. The van der Waals surface area contributed by atoms with Crippen molar-refractivity contribution in [2.75, 3.05) is 13.1 Å². The number of halogens is 1. The van der Waals surface area contributed by atoms with E-state index in [1.165, 1.54) is 0 Å². The van der Waals surface area contributed by atoms with Gasteiger partial charge in [0.2, 0.25) is 0 Å². The first-order chi connectivity index (χ1) is 6.29. The summed E-state index contributed by atoms with van der Waals surface area (Å²) in [4.78, 5) is 10.9. The molecule has 0 bridgehead atoms. The minimum absolute atomic E-state index is 0. The number of carboxylic acid groups (broad SMARTS) is 1. The molecule has 5 heteroatoms. The maximum absolute atomic E-state index is 10.9. The zero-order chi connectivity index (χ0) is 9.26. The van der Waals surface area contributed by atoms with Crippen molar-refractivity contribution in [2.45, 2.75) is 5.92 Å². The predicted molar refractivity (Wildman–Crippen MR) is 58.3 cm³/mol. The largest absolute Gasteiger partial charge is 0.481 e. The summed E-state index contributed by atoms with van der Waals surface area (Å²) in [6.07, 6.45) is 0. The summed E-state index contributed by atoms with van der Waals surface area (Å²) in [5, 5.41) is 16.1. The van der Waals surface area contributed by atoms with Crippen LogP contribution in [-0.4, -0.2) is 24.2 Å². The molecule has 2 rings (SSSR count). The van der Waals surface area contributed by atoms with Gasteiger partial charge in [0.25, 0.3) is 0 Å². The topological polar surface area (TPSA) is 49.3 Å². The maximum Gasteiger partial charge on any atom is 0.308 e. The van der Waals surface area contributed by atoms with Crippen LogP contribution in [0.5, 0.6) is 0 Å². The molecular weight excluding hydrogens is 222 g/mol. The number of rotatable bonds is 2. The minimum atomic E-state index is -0.693. The molecule has 2 heterocycles. The van der Waals surface area contributed by atoms with Crippen molar-refractivity contribution in [1.29, 1.82) is 0 Å². The van der Waals surface area contributed by atoms with Crippen LogP contribution in [0.25, 0.3) is 0 Å². The summed E-state index contributed by atoms with van der Waals surface area (Å²) >= 11 is 1.62. The average molecular weight is 234 g/mol. The summed E-state index contributed by atoms with van der Waals surface area (Å²) in [7, 11) is 0. The second-order valence-electron chi connectivity index (χ2n) is 3.27. The van der Waals surface area contributed by atoms with E-state index in [0.29, 0.717) is 6.54 Å². The van der Waals surface area contributed by atoms with Gasteiger partial charge in [-0.2, -0.15) is 11.3 Å². The second kappa shape index (κ2) is 4.77. The molecule has 0 aromatic carbocycles. The van der Waals surface area contributed by atoms with Crippen LogP contribution in [0.3, 0.4) is 0 Å². The van der Waals surface area contributed by atoms with E-state index in [1.807, 2.05) is 16.8 Å². The highest BCUT2D eigenvalue weighted by molar-refractivity contribution is 7.08. The number of hydrogen-bond acceptors (Lipinski definition) is 3. The molecule has 1 aliphatic rings. The van der Waals surface area contributed by atoms with E-state index in [9.17, 15) is 4.79 Å². The lowest BCUT2D eigenvalue weighted by molar-refractivity contribution is -0.141. The van der Waals surface area contributed by atoms with Gasteiger partial charge in [0.05, 0.1) is 5.92 Å². The summed E-state index contributed by atoms with van der Waals surface area (Å²) in [5.74, 6) is -0.792. The number of nitrogens with one attached hydrogen (secondary N) is 1. The van der Waals surface area contributed by atoms with Gasteiger partial charge in [-0.1, -0.05) is 0 Å². The Morgan fingerprint density at radius 2 is 2.36 bits per heavy atom. The molecule has 1 saturated heterocycles. The van der Waals surface area contributed by atoms with Crippen LogP contribution >= 0.6 is 23.7 Å². The third-order valence-electron chi connectivity index (χ3n) is 2.50. The molecule has 0 aliphatic carbocycles. The van der Waals surface area contributed by atoms with E-state index in [-0.39, 0.29) is 24.2 Å². The summed E-state index contributed by atoms with van der Waals surface area (Å²) in [6.45, 7) is 1.38. The van der Waals surface area contributed by atoms with Crippen LogP contribution in [0.2, 0.25) is 0 Å². The smallest absolute Gasteiger partial charge is 0.308 e.